The highest BCUT2D eigenvalue weighted by Gasteiger charge is 2.28. The maximum absolute atomic E-state index is 10.1. The van der Waals surface area contributed by atoms with Gasteiger partial charge in [-0.15, -0.1) is 0 Å². The topological polar surface area (TPSA) is 54.2 Å². The third-order valence-electron chi connectivity index (χ3n) is 3.35. The van der Waals surface area contributed by atoms with Crippen LogP contribution in [0.2, 0.25) is 0 Å². The van der Waals surface area contributed by atoms with Crippen LogP contribution in [0, 0.1) is 5.92 Å². The fourth-order valence-electron chi connectivity index (χ4n) is 2.57. The van der Waals surface area contributed by atoms with Crippen molar-refractivity contribution in [1.29, 1.82) is 0 Å². The Kier molecular flexibility index (Phi) is 4.02. The highest BCUT2D eigenvalue weighted by molar-refractivity contribution is 4.89. The van der Waals surface area contributed by atoms with Crippen molar-refractivity contribution >= 4 is 0 Å². The quantitative estimate of drug-likeness (QED) is 0.877. The molecule has 18 heavy (non-hydrogen) atoms. The second kappa shape index (κ2) is 5.36. The van der Waals surface area contributed by atoms with Crippen LogP contribution in [0.3, 0.4) is 0 Å². The third-order valence-corrected chi connectivity index (χ3v) is 3.35. The summed E-state index contributed by atoms with van der Waals surface area (Å²) in [4.78, 5) is 6.61. The van der Waals surface area contributed by atoms with Crippen LogP contribution in [-0.2, 0) is 13.1 Å². The second-order valence-corrected chi connectivity index (χ2v) is 6.06. The highest BCUT2D eigenvalue weighted by atomic mass is 16.3. The van der Waals surface area contributed by atoms with Crippen LogP contribution in [0.25, 0.3) is 0 Å². The van der Waals surface area contributed by atoms with Gasteiger partial charge in [0.2, 0.25) is 0 Å². The van der Waals surface area contributed by atoms with Crippen molar-refractivity contribution in [3.05, 3.63) is 12.2 Å². The van der Waals surface area contributed by atoms with Crippen molar-refractivity contribution in [3.63, 3.8) is 0 Å². The minimum atomic E-state index is -0.554. The van der Waals surface area contributed by atoms with E-state index in [1.807, 2.05) is 11.6 Å². The van der Waals surface area contributed by atoms with Crippen LogP contribution in [0.5, 0.6) is 0 Å². The van der Waals surface area contributed by atoms with E-state index in [0.717, 1.165) is 44.8 Å². The van der Waals surface area contributed by atoms with Crippen LogP contribution >= 0.6 is 0 Å². The highest BCUT2D eigenvalue weighted by Crippen LogP contribution is 2.21. The molecule has 1 N–H and O–H groups in total. The predicted octanol–water partition coefficient (Wildman–Crippen LogP) is 1.28. The molecule has 0 spiro atoms. The molecule has 1 aromatic rings. The van der Waals surface area contributed by atoms with Gasteiger partial charge in [0.05, 0.1) is 12.1 Å². The van der Waals surface area contributed by atoms with Gasteiger partial charge >= 0.3 is 0 Å². The Hall–Kier alpha value is -0.940. The first-order valence-corrected chi connectivity index (χ1v) is 6.78. The van der Waals surface area contributed by atoms with Gasteiger partial charge in [0.25, 0.3) is 0 Å². The standard InChI is InChI=1S/C13H24N4O/c1-11(2)7-17-12(14-10-15-17)8-16-6-4-5-13(3,18)9-16/h10-11,18H,4-9H2,1-3H3. The fourth-order valence-corrected chi connectivity index (χ4v) is 2.57. The molecule has 0 aromatic carbocycles. The molecule has 2 rings (SSSR count). The Morgan fingerprint density at radius 3 is 2.94 bits per heavy atom. The van der Waals surface area contributed by atoms with Crippen molar-refractivity contribution in [1.82, 2.24) is 19.7 Å². The minimum Gasteiger partial charge on any atom is -0.389 e. The smallest absolute Gasteiger partial charge is 0.141 e. The fraction of sp³-hybridized carbons (Fsp3) is 0.846. The molecule has 5 nitrogen and oxygen atoms in total. The first kappa shape index (κ1) is 13.5. The first-order chi connectivity index (χ1) is 8.46. The van der Waals surface area contributed by atoms with Crippen LogP contribution in [-0.4, -0.2) is 43.5 Å². The molecule has 1 saturated heterocycles. The number of likely N-dealkylation sites (tertiary alicyclic amines) is 1. The summed E-state index contributed by atoms with van der Waals surface area (Å²) in [6.07, 6.45) is 3.56. The van der Waals surface area contributed by atoms with Crippen LogP contribution in [0.1, 0.15) is 39.4 Å². The van der Waals surface area contributed by atoms with Gasteiger partial charge < -0.3 is 5.11 Å². The van der Waals surface area contributed by atoms with E-state index in [1.54, 1.807) is 6.33 Å². The summed E-state index contributed by atoms with van der Waals surface area (Å²) in [6.45, 7) is 9.71. The predicted molar refractivity (Wildman–Crippen MR) is 70.0 cm³/mol. The van der Waals surface area contributed by atoms with Crippen LogP contribution in [0.15, 0.2) is 6.33 Å². The van der Waals surface area contributed by atoms with Gasteiger partial charge in [-0.3, -0.25) is 4.90 Å². The molecule has 2 heterocycles. The lowest BCUT2D eigenvalue weighted by atomic mass is 9.95. The summed E-state index contributed by atoms with van der Waals surface area (Å²) in [5.74, 6) is 1.57. The van der Waals surface area contributed by atoms with Gasteiger partial charge in [-0.2, -0.15) is 5.10 Å². The van der Waals surface area contributed by atoms with E-state index in [9.17, 15) is 5.11 Å². The Labute approximate surface area is 109 Å². The average molecular weight is 252 g/mol. The number of hydrogen-bond acceptors (Lipinski definition) is 4. The maximum Gasteiger partial charge on any atom is 0.141 e. The monoisotopic (exact) mass is 252 g/mol. The van der Waals surface area contributed by atoms with E-state index in [0.29, 0.717) is 5.92 Å². The zero-order valence-electron chi connectivity index (χ0n) is 11.6. The van der Waals surface area contributed by atoms with Gasteiger partial charge in [0.15, 0.2) is 0 Å². The number of hydrogen-bond donors (Lipinski definition) is 1. The molecule has 1 aromatic heterocycles. The maximum atomic E-state index is 10.1. The van der Waals surface area contributed by atoms with Crippen molar-refractivity contribution < 1.29 is 5.11 Å². The molecule has 0 radical (unpaired) electrons. The van der Waals surface area contributed by atoms with Crippen molar-refractivity contribution in [2.24, 2.45) is 5.92 Å². The Bertz CT molecular complexity index is 386. The van der Waals surface area contributed by atoms with E-state index in [-0.39, 0.29) is 0 Å². The lowest BCUT2D eigenvalue weighted by Gasteiger charge is -2.36. The van der Waals surface area contributed by atoms with E-state index >= 15 is 0 Å². The van der Waals surface area contributed by atoms with Gasteiger partial charge in [-0.1, -0.05) is 13.8 Å². The van der Waals surface area contributed by atoms with E-state index in [2.05, 4.69) is 28.8 Å². The SMILES string of the molecule is CC(C)Cn1ncnc1CN1CCCC(C)(O)C1. The Morgan fingerprint density at radius 2 is 2.28 bits per heavy atom. The lowest BCUT2D eigenvalue weighted by molar-refractivity contribution is -0.0192. The molecule has 102 valence electrons. The van der Waals surface area contributed by atoms with E-state index in [4.69, 9.17) is 0 Å². The normalized spacial score (nSPS) is 25.8. The lowest BCUT2D eigenvalue weighted by Crippen LogP contribution is -2.45. The summed E-state index contributed by atoms with van der Waals surface area (Å²) < 4.78 is 1.98. The molecule has 1 unspecified atom stereocenters. The van der Waals surface area contributed by atoms with E-state index < -0.39 is 5.60 Å². The molecule has 0 amide bonds. The molecule has 1 aliphatic heterocycles. The van der Waals surface area contributed by atoms with Crippen molar-refractivity contribution in [2.75, 3.05) is 13.1 Å². The molecule has 1 aliphatic rings. The van der Waals surface area contributed by atoms with E-state index in [1.165, 1.54) is 0 Å². The first-order valence-electron chi connectivity index (χ1n) is 6.78. The largest absolute Gasteiger partial charge is 0.389 e. The molecule has 5 heteroatoms. The summed E-state index contributed by atoms with van der Waals surface area (Å²) in [6, 6.07) is 0. The number of rotatable bonds is 4. The van der Waals surface area contributed by atoms with Crippen molar-refractivity contribution in [2.45, 2.75) is 52.3 Å². The number of nitrogens with zero attached hydrogens (tertiary/aromatic N) is 4. The number of piperidine rings is 1. The number of aromatic nitrogens is 3. The Balaban J connectivity index is 1.98. The van der Waals surface area contributed by atoms with Gasteiger partial charge in [-0.05, 0) is 32.2 Å². The summed E-state index contributed by atoms with van der Waals surface area (Å²) >= 11 is 0. The molecule has 1 fully saturated rings. The zero-order valence-corrected chi connectivity index (χ0v) is 11.6. The third kappa shape index (κ3) is 3.53. The number of β-amino-alcohol motifs (C(OH)–C–C–N with tert-alkyl or cyclic N) is 1. The molecule has 0 bridgehead atoms. The van der Waals surface area contributed by atoms with Gasteiger partial charge in [0.1, 0.15) is 12.2 Å². The summed E-state index contributed by atoms with van der Waals surface area (Å²) in [7, 11) is 0. The molecule has 0 saturated carbocycles. The summed E-state index contributed by atoms with van der Waals surface area (Å²) in [5.41, 5.74) is -0.554. The van der Waals surface area contributed by atoms with Crippen molar-refractivity contribution in [3.8, 4) is 0 Å². The second-order valence-electron chi connectivity index (χ2n) is 6.06. The molecule has 1 atom stereocenters. The Morgan fingerprint density at radius 1 is 1.50 bits per heavy atom. The number of aliphatic hydroxyl groups is 1. The summed E-state index contributed by atoms with van der Waals surface area (Å²) in [5, 5.41) is 14.4. The molecule has 0 aliphatic carbocycles. The minimum absolute atomic E-state index is 0.554. The van der Waals surface area contributed by atoms with Gasteiger partial charge in [0, 0.05) is 13.1 Å². The average Bonchev–Trinajstić information content (AvgIpc) is 2.63. The molecular weight excluding hydrogens is 228 g/mol. The zero-order chi connectivity index (χ0) is 13.2. The van der Waals surface area contributed by atoms with Crippen LogP contribution in [0.4, 0.5) is 0 Å². The van der Waals surface area contributed by atoms with Crippen LogP contribution < -0.4 is 0 Å². The molecular formula is C13H24N4O. The van der Waals surface area contributed by atoms with Gasteiger partial charge in [-0.25, -0.2) is 9.67 Å².